The van der Waals surface area contributed by atoms with Crippen molar-refractivity contribution in [3.63, 3.8) is 0 Å². The second-order valence-corrected chi connectivity index (χ2v) is 4.10. The van der Waals surface area contributed by atoms with Gasteiger partial charge in [0.05, 0.1) is 13.2 Å². The fourth-order valence-electron chi connectivity index (χ4n) is 1.45. The van der Waals surface area contributed by atoms with Crippen molar-refractivity contribution in [2.45, 2.75) is 75.3 Å². The first-order valence-corrected chi connectivity index (χ1v) is 6.04. The molecule has 0 aliphatic carbocycles. The Bertz CT molecular complexity index is 113. The molecule has 0 bridgehead atoms. The molecule has 0 atom stereocenters. The van der Waals surface area contributed by atoms with Gasteiger partial charge in [0.15, 0.2) is 0 Å². The molecule has 1 radical (unpaired) electrons. The van der Waals surface area contributed by atoms with Crippen molar-refractivity contribution in [3.8, 4) is 0 Å². The van der Waals surface area contributed by atoms with Gasteiger partial charge in [0.25, 0.3) is 0 Å². The molecule has 0 aromatic heterocycles. The summed E-state index contributed by atoms with van der Waals surface area (Å²) in [6.07, 6.45) is 4.08. The molecule has 0 saturated carbocycles. The summed E-state index contributed by atoms with van der Waals surface area (Å²) in [7, 11) is 0. The monoisotopic (exact) mass is 338 g/mol. The predicted octanol–water partition coefficient (Wildman–Crippen LogP) is 4.83. The van der Waals surface area contributed by atoms with Crippen LogP contribution >= 0.6 is 0 Å². The van der Waals surface area contributed by atoms with E-state index in [1.807, 2.05) is 0 Å². The third-order valence-corrected chi connectivity index (χ3v) is 2.48. The summed E-state index contributed by atoms with van der Waals surface area (Å²) >= 11 is 0. The molecule has 3 heteroatoms. The van der Waals surface area contributed by atoms with E-state index in [0.717, 1.165) is 26.3 Å². The Morgan fingerprint density at radius 1 is 0.944 bits per heavy atom. The summed E-state index contributed by atoms with van der Waals surface area (Å²) in [5.41, 5.74) is 0. The molecule has 0 spiro atoms. The minimum atomic E-state index is 0. The van der Waals surface area contributed by atoms with Crippen LogP contribution in [0.1, 0.15) is 69.2 Å². The summed E-state index contributed by atoms with van der Waals surface area (Å²) < 4.78 is 5.21. The van der Waals surface area contributed by atoms with Crippen LogP contribution in [0.4, 0.5) is 0 Å². The Balaban J connectivity index is -0.0000000567. The maximum atomic E-state index is 5.21. The number of ether oxygens (including phenoxy) is 1. The Morgan fingerprint density at radius 3 is 1.50 bits per heavy atom. The largest absolute Gasteiger partial charge is 0.379 e. The average Bonchev–Trinajstić information content (AvgIpc) is 2.21. The molecule has 113 valence electrons. The molecule has 0 aromatic rings. The van der Waals surface area contributed by atoms with Gasteiger partial charge in [-0.3, -0.25) is 4.90 Å². The molecule has 0 amide bonds. The molecular formula is C15H39NOY. The molecule has 0 aromatic carbocycles. The first kappa shape index (κ1) is 31.4. The van der Waals surface area contributed by atoms with E-state index in [0.29, 0.717) is 6.04 Å². The minimum absolute atomic E-state index is 0. The van der Waals surface area contributed by atoms with Crippen molar-refractivity contribution in [1.29, 1.82) is 0 Å². The Labute approximate surface area is 143 Å². The average molecular weight is 338 g/mol. The maximum absolute atomic E-state index is 5.21. The predicted molar refractivity (Wildman–Crippen MR) is 82.9 cm³/mol. The molecular weight excluding hydrogens is 299 g/mol. The van der Waals surface area contributed by atoms with E-state index in [-0.39, 0.29) is 55.0 Å². The van der Waals surface area contributed by atoms with Gasteiger partial charge in [0, 0.05) is 51.8 Å². The molecule has 1 heterocycles. The van der Waals surface area contributed by atoms with Gasteiger partial charge in [0.2, 0.25) is 0 Å². The maximum Gasteiger partial charge on any atom is 0.0594 e. The molecule has 1 saturated heterocycles. The first-order valence-electron chi connectivity index (χ1n) is 6.04. The number of hydrogen-bond acceptors (Lipinski definition) is 2. The van der Waals surface area contributed by atoms with E-state index in [1.54, 1.807) is 0 Å². The topological polar surface area (TPSA) is 12.5 Å². The summed E-state index contributed by atoms with van der Waals surface area (Å²) in [5, 5.41) is 0. The molecule has 0 N–H and O–H groups in total. The van der Waals surface area contributed by atoms with E-state index in [1.165, 1.54) is 19.3 Å². The van der Waals surface area contributed by atoms with Gasteiger partial charge in [-0.25, -0.2) is 0 Å². The van der Waals surface area contributed by atoms with Gasteiger partial charge in [-0.05, 0) is 13.8 Å². The first-order chi connectivity index (χ1) is 6.72. The van der Waals surface area contributed by atoms with E-state index >= 15 is 0 Å². The van der Waals surface area contributed by atoms with Gasteiger partial charge in [-0.15, -0.1) is 0 Å². The zero-order valence-corrected chi connectivity index (χ0v) is 13.8. The zero-order chi connectivity index (χ0) is 10.8. The van der Waals surface area contributed by atoms with Crippen molar-refractivity contribution >= 4 is 0 Å². The van der Waals surface area contributed by atoms with Crippen LogP contribution in [0, 0.1) is 0 Å². The fraction of sp³-hybridized carbons (Fsp3) is 1.00. The smallest absolute Gasteiger partial charge is 0.0594 e. The molecule has 18 heavy (non-hydrogen) atoms. The molecule has 1 aliphatic rings. The Morgan fingerprint density at radius 2 is 1.33 bits per heavy atom. The summed E-state index contributed by atoms with van der Waals surface area (Å²) in [6, 6.07) is 0.689. The van der Waals surface area contributed by atoms with E-state index < -0.39 is 0 Å². The summed E-state index contributed by atoms with van der Waals surface area (Å²) in [6.45, 7) is 12.9. The van der Waals surface area contributed by atoms with E-state index in [2.05, 4.69) is 32.6 Å². The summed E-state index contributed by atoms with van der Waals surface area (Å²) in [5.74, 6) is 0. The van der Waals surface area contributed by atoms with Crippen molar-refractivity contribution < 1.29 is 37.4 Å². The number of morpholine rings is 1. The van der Waals surface area contributed by atoms with E-state index in [4.69, 9.17) is 4.74 Å². The number of rotatable bonds is 3. The number of hydrogen-bond donors (Lipinski definition) is 0. The second kappa shape index (κ2) is 23.1. The number of unbranched alkanes of at least 4 members (excludes halogenated alkanes) is 2. The van der Waals surface area contributed by atoms with Gasteiger partial charge >= 0.3 is 0 Å². The summed E-state index contributed by atoms with van der Waals surface area (Å²) in [4.78, 5) is 2.43. The minimum Gasteiger partial charge on any atom is -0.379 e. The van der Waals surface area contributed by atoms with Crippen molar-refractivity contribution in [2.75, 3.05) is 26.3 Å². The Kier molecular flexibility index (Phi) is 40.4. The number of nitrogens with zero attached hydrogens (tertiary/aromatic N) is 1. The van der Waals surface area contributed by atoms with Crippen molar-refractivity contribution in [1.82, 2.24) is 4.90 Å². The third-order valence-electron chi connectivity index (χ3n) is 2.48. The fourth-order valence-corrected chi connectivity index (χ4v) is 1.45. The van der Waals surface area contributed by atoms with Gasteiger partial charge in [0.1, 0.15) is 0 Å². The van der Waals surface area contributed by atoms with Crippen molar-refractivity contribution in [3.05, 3.63) is 0 Å². The third kappa shape index (κ3) is 19.4. The van der Waals surface area contributed by atoms with Crippen LogP contribution < -0.4 is 0 Å². The molecule has 1 fully saturated rings. The standard InChI is InChI=1S/C7H15NO.C5H12.3CH4.Y/c1-7(2)8-3-5-9-6-4-8;1-3-5-4-2;;;;/h7H,3-6H2,1-2H3;3-5H2,1-2H3;3*1H4;. The molecule has 1 rings (SSSR count). The SMILES string of the molecule is C.C.C.CC(C)N1CCOCC1.CCCCC.[Y]. The van der Waals surface area contributed by atoms with Gasteiger partial charge in [-0.2, -0.15) is 0 Å². The van der Waals surface area contributed by atoms with Crippen LogP contribution in [-0.4, -0.2) is 37.2 Å². The van der Waals surface area contributed by atoms with Crippen LogP contribution in [0.25, 0.3) is 0 Å². The molecule has 1 aliphatic heterocycles. The zero-order valence-electron chi connectivity index (χ0n) is 11.0. The van der Waals surface area contributed by atoms with Crippen LogP contribution in [0.5, 0.6) is 0 Å². The van der Waals surface area contributed by atoms with Gasteiger partial charge in [-0.1, -0.05) is 55.4 Å². The van der Waals surface area contributed by atoms with E-state index in [9.17, 15) is 0 Å². The Hall–Kier alpha value is 1.02. The van der Waals surface area contributed by atoms with Crippen molar-refractivity contribution in [2.24, 2.45) is 0 Å². The van der Waals surface area contributed by atoms with Gasteiger partial charge < -0.3 is 4.74 Å². The van der Waals surface area contributed by atoms with Crippen LogP contribution in [0.2, 0.25) is 0 Å². The molecule has 2 nitrogen and oxygen atoms in total. The quantitative estimate of drug-likeness (QED) is 0.731. The molecule has 0 unspecified atom stereocenters. The van der Waals surface area contributed by atoms with Crippen LogP contribution in [-0.2, 0) is 37.4 Å². The normalized spacial score (nSPS) is 13.8. The van der Waals surface area contributed by atoms with Crippen LogP contribution in [0.3, 0.4) is 0 Å². The second-order valence-electron chi connectivity index (χ2n) is 4.10. The van der Waals surface area contributed by atoms with Crippen LogP contribution in [0.15, 0.2) is 0 Å².